The van der Waals surface area contributed by atoms with Crippen LogP contribution in [0.4, 0.5) is 0 Å². The SMILES string of the molecule is Cc1ccccc1CC(=O)N(Cc1ccc(Cl)c(Cl)c1)[C@@H](Cc1ccccc1)C(=O)NC(C)(C)C. The number of halogens is 2. The molecule has 0 aliphatic carbocycles. The first-order valence-corrected chi connectivity index (χ1v) is 12.4. The molecule has 6 heteroatoms. The van der Waals surface area contributed by atoms with E-state index in [1.165, 1.54) is 0 Å². The first-order valence-electron chi connectivity index (χ1n) is 11.7. The van der Waals surface area contributed by atoms with E-state index < -0.39 is 11.6 Å². The summed E-state index contributed by atoms with van der Waals surface area (Å²) in [5.41, 5.74) is 3.31. The predicted molar refractivity (Wildman–Crippen MR) is 144 cm³/mol. The molecule has 0 aromatic heterocycles. The van der Waals surface area contributed by atoms with Gasteiger partial charge >= 0.3 is 0 Å². The van der Waals surface area contributed by atoms with Crippen molar-refractivity contribution >= 4 is 35.0 Å². The highest BCUT2D eigenvalue weighted by Gasteiger charge is 2.32. The molecule has 0 unspecified atom stereocenters. The van der Waals surface area contributed by atoms with Crippen molar-refractivity contribution in [2.75, 3.05) is 0 Å². The fraction of sp³-hybridized carbons (Fsp3) is 0.310. The Kier molecular flexibility index (Phi) is 8.98. The van der Waals surface area contributed by atoms with Crippen LogP contribution in [0, 0.1) is 6.92 Å². The fourth-order valence-electron chi connectivity index (χ4n) is 3.91. The van der Waals surface area contributed by atoms with Crippen LogP contribution >= 0.6 is 23.2 Å². The molecule has 3 aromatic rings. The van der Waals surface area contributed by atoms with E-state index in [4.69, 9.17) is 23.2 Å². The molecule has 0 saturated heterocycles. The molecule has 0 spiro atoms. The van der Waals surface area contributed by atoms with E-state index in [0.29, 0.717) is 16.5 Å². The maximum atomic E-state index is 13.8. The first kappa shape index (κ1) is 26.8. The van der Waals surface area contributed by atoms with Crippen molar-refractivity contribution in [3.63, 3.8) is 0 Å². The van der Waals surface area contributed by atoms with E-state index in [2.05, 4.69) is 5.32 Å². The number of carbonyl (C=O) groups excluding carboxylic acids is 2. The zero-order chi connectivity index (χ0) is 25.6. The zero-order valence-corrected chi connectivity index (χ0v) is 22.2. The first-order chi connectivity index (χ1) is 16.5. The molecular weight excluding hydrogens is 479 g/mol. The summed E-state index contributed by atoms with van der Waals surface area (Å²) in [5.74, 6) is -0.324. The quantitative estimate of drug-likeness (QED) is 0.381. The van der Waals surface area contributed by atoms with Crippen LogP contribution in [0.5, 0.6) is 0 Å². The molecule has 184 valence electrons. The normalized spacial score (nSPS) is 12.2. The Labute approximate surface area is 218 Å². The largest absolute Gasteiger partial charge is 0.350 e. The topological polar surface area (TPSA) is 49.4 Å². The van der Waals surface area contributed by atoms with Gasteiger partial charge in [-0.05, 0) is 62.1 Å². The summed E-state index contributed by atoms with van der Waals surface area (Å²) in [6.07, 6.45) is 0.589. The Hall–Kier alpha value is -2.82. The zero-order valence-electron chi connectivity index (χ0n) is 20.6. The van der Waals surface area contributed by atoms with Crippen LogP contribution < -0.4 is 5.32 Å². The van der Waals surface area contributed by atoms with E-state index in [9.17, 15) is 9.59 Å². The Bertz CT molecular complexity index is 1170. The van der Waals surface area contributed by atoms with Crippen molar-refractivity contribution in [3.05, 3.63) is 105 Å². The van der Waals surface area contributed by atoms with Gasteiger partial charge in [0.1, 0.15) is 6.04 Å². The second kappa shape index (κ2) is 11.7. The number of hydrogen-bond acceptors (Lipinski definition) is 2. The number of carbonyl (C=O) groups is 2. The van der Waals surface area contributed by atoms with Crippen molar-refractivity contribution in [1.29, 1.82) is 0 Å². The number of hydrogen-bond donors (Lipinski definition) is 1. The van der Waals surface area contributed by atoms with E-state index in [1.54, 1.807) is 17.0 Å². The highest BCUT2D eigenvalue weighted by atomic mass is 35.5. The van der Waals surface area contributed by atoms with Gasteiger partial charge in [-0.25, -0.2) is 0 Å². The van der Waals surface area contributed by atoms with Gasteiger partial charge in [-0.15, -0.1) is 0 Å². The summed E-state index contributed by atoms with van der Waals surface area (Å²) < 4.78 is 0. The van der Waals surface area contributed by atoms with Gasteiger partial charge in [0.05, 0.1) is 16.5 Å². The minimum atomic E-state index is -0.706. The average Bonchev–Trinajstić information content (AvgIpc) is 2.79. The maximum absolute atomic E-state index is 13.8. The molecule has 0 bridgehead atoms. The lowest BCUT2D eigenvalue weighted by Gasteiger charge is -2.34. The van der Waals surface area contributed by atoms with Gasteiger partial charge in [0.15, 0.2) is 0 Å². The molecule has 0 heterocycles. The molecular formula is C29H32Cl2N2O2. The molecule has 1 N–H and O–H groups in total. The molecule has 0 aliphatic rings. The Morgan fingerprint density at radius 2 is 1.54 bits per heavy atom. The number of nitrogens with zero attached hydrogens (tertiary/aromatic N) is 1. The molecule has 3 aromatic carbocycles. The third-order valence-electron chi connectivity index (χ3n) is 5.71. The van der Waals surface area contributed by atoms with Crippen LogP contribution in [0.2, 0.25) is 10.0 Å². The summed E-state index contributed by atoms with van der Waals surface area (Å²) >= 11 is 12.4. The minimum Gasteiger partial charge on any atom is -0.350 e. The molecule has 2 amide bonds. The van der Waals surface area contributed by atoms with Gasteiger partial charge < -0.3 is 10.2 Å². The van der Waals surface area contributed by atoms with Crippen molar-refractivity contribution in [2.45, 2.75) is 58.7 Å². The van der Waals surface area contributed by atoms with Crippen molar-refractivity contribution < 1.29 is 9.59 Å². The highest BCUT2D eigenvalue weighted by Crippen LogP contribution is 2.25. The maximum Gasteiger partial charge on any atom is 0.243 e. The van der Waals surface area contributed by atoms with Crippen LogP contribution in [-0.2, 0) is 29.0 Å². The number of nitrogens with one attached hydrogen (secondary N) is 1. The Morgan fingerprint density at radius 3 is 2.17 bits per heavy atom. The Balaban J connectivity index is 2.02. The van der Waals surface area contributed by atoms with Crippen molar-refractivity contribution in [1.82, 2.24) is 10.2 Å². The predicted octanol–water partition coefficient (Wildman–Crippen LogP) is 6.40. The summed E-state index contributed by atoms with van der Waals surface area (Å²) in [7, 11) is 0. The molecule has 0 aliphatic heterocycles. The summed E-state index contributed by atoms with van der Waals surface area (Å²) in [4.78, 5) is 29.1. The fourth-order valence-corrected chi connectivity index (χ4v) is 4.24. The molecule has 3 rings (SSSR count). The third-order valence-corrected chi connectivity index (χ3v) is 6.45. The lowest BCUT2D eigenvalue weighted by Crippen LogP contribution is -2.54. The molecule has 1 atom stereocenters. The van der Waals surface area contributed by atoms with Gasteiger partial charge in [-0.2, -0.15) is 0 Å². The number of rotatable bonds is 8. The molecule has 35 heavy (non-hydrogen) atoms. The molecule has 4 nitrogen and oxygen atoms in total. The smallest absolute Gasteiger partial charge is 0.243 e. The van der Waals surface area contributed by atoms with E-state index in [0.717, 1.165) is 22.3 Å². The van der Waals surface area contributed by atoms with Gasteiger partial charge in [-0.1, -0.05) is 83.9 Å². The number of benzene rings is 3. The van der Waals surface area contributed by atoms with Gasteiger partial charge in [0.25, 0.3) is 0 Å². The second-order valence-corrected chi connectivity index (χ2v) is 10.6. The third kappa shape index (κ3) is 7.84. The van der Waals surface area contributed by atoms with E-state index in [1.807, 2.05) is 88.4 Å². The van der Waals surface area contributed by atoms with Gasteiger partial charge in [-0.3, -0.25) is 9.59 Å². The minimum absolute atomic E-state index is 0.129. The summed E-state index contributed by atoms with van der Waals surface area (Å²) in [6, 6.07) is 22.2. The van der Waals surface area contributed by atoms with Gasteiger partial charge in [0.2, 0.25) is 11.8 Å². The van der Waals surface area contributed by atoms with E-state index >= 15 is 0 Å². The van der Waals surface area contributed by atoms with Crippen LogP contribution in [0.3, 0.4) is 0 Å². The van der Waals surface area contributed by atoms with Crippen molar-refractivity contribution in [3.8, 4) is 0 Å². The van der Waals surface area contributed by atoms with Crippen LogP contribution in [-0.4, -0.2) is 28.3 Å². The lowest BCUT2D eigenvalue weighted by molar-refractivity contribution is -0.141. The summed E-state index contributed by atoms with van der Waals surface area (Å²) in [6.45, 7) is 8.02. The van der Waals surface area contributed by atoms with Crippen LogP contribution in [0.15, 0.2) is 72.8 Å². The monoisotopic (exact) mass is 510 g/mol. The highest BCUT2D eigenvalue weighted by molar-refractivity contribution is 6.42. The standard InChI is InChI=1S/C29H32Cl2N2O2/c1-20-10-8-9-13-23(20)18-27(34)33(19-22-14-15-24(30)25(31)16-22)26(28(35)32-29(2,3)4)17-21-11-6-5-7-12-21/h5-16,26H,17-19H2,1-4H3,(H,32,35)/t26-/m0/s1. The number of amides is 2. The van der Waals surface area contributed by atoms with Gasteiger partial charge in [0, 0.05) is 18.5 Å². The molecule has 0 fully saturated rings. The molecule has 0 saturated carbocycles. The Morgan fingerprint density at radius 1 is 0.886 bits per heavy atom. The van der Waals surface area contributed by atoms with Crippen molar-refractivity contribution in [2.24, 2.45) is 0 Å². The lowest BCUT2D eigenvalue weighted by atomic mass is 9.99. The summed E-state index contributed by atoms with van der Waals surface area (Å²) in [5, 5.41) is 3.93. The second-order valence-electron chi connectivity index (χ2n) is 9.82. The molecule has 0 radical (unpaired) electrons. The van der Waals surface area contributed by atoms with Crippen LogP contribution in [0.1, 0.15) is 43.0 Å². The number of aryl methyl sites for hydroxylation is 1. The van der Waals surface area contributed by atoms with E-state index in [-0.39, 0.29) is 24.8 Å². The van der Waals surface area contributed by atoms with Crippen LogP contribution in [0.25, 0.3) is 0 Å². The average molecular weight is 511 g/mol.